The van der Waals surface area contributed by atoms with Crippen molar-refractivity contribution in [3.05, 3.63) is 71.3 Å². The van der Waals surface area contributed by atoms with Gasteiger partial charge in [0.2, 0.25) is 11.7 Å². The van der Waals surface area contributed by atoms with E-state index >= 15 is 0 Å². The molecule has 364 valence electrons. The maximum Gasteiger partial charge on any atom is 0.407 e. The molecule has 17 nitrogen and oxygen atoms in total. The quantitative estimate of drug-likeness (QED) is 0.0650. The first kappa shape index (κ1) is 52.7. The minimum absolute atomic E-state index is 0.189. The van der Waals surface area contributed by atoms with Crippen LogP contribution in [0.3, 0.4) is 0 Å². The maximum absolute atomic E-state index is 14.5. The first-order valence-electron chi connectivity index (χ1n) is 22.4. The molecule has 0 aromatic heterocycles. The fourth-order valence-electron chi connectivity index (χ4n) is 7.47. The number of aryl methyl sites for hydroxylation is 1. The Hall–Kier alpha value is -5.94. The van der Waals surface area contributed by atoms with Gasteiger partial charge in [0.25, 0.3) is 5.91 Å². The average Bonchev–Trinajstić information content (AvgIpc) is 3.31. The van der Waals surface area contributed by atoms with E-state index in [1.165, 1.54) is 21.3 Å². The Morgan fingerprint density at radius 2 is 1.41 bits per heavy atom. The molecule has 0 unspecified atom stereocenters. The van der Waals surface area contributed by atoms with Crippen molar-refractivity contribution in [1.82, 2.24) is 15.5 Å². The molecule has 0 saturated carbocycles. The van der Waals surface area contributed by atoms with Gasteiger partial charge in [0.1, 0.15) is 23.5 Å². The number of esters is 1. The Bertz CT molecular complexity index is 2000. The highest BCUT2D eigenvalue weighted by atomic mass is 16.6. The van der Waals surface area contributed by atoms with Crippen LogP contribution in [-0.4, -0.2) is 129 Å². The van der Waals surface area contributed by atoms with Gasteiger partial charge in [-0.25, -0.2) is 9.59 Å². The van der Waals surface area contributed by atoms with Gasteiger partial charge in [0.05, 0.1) is 67.9 Å². The van der Waals surface area contributed by atoms with Gasteiger partial charge in [-0.2, -0.15) is 0 Å². The van der Waals surface area contributed by atoms with Crippen molar-refractivity contribution in [2.45, 2.75) is 89.9 Å². The summed E-state index contributed by atoms with van der Waals surface area (Å²) >= 11 is 0. The van der Waals surface area contributed by atoms with Crippen LogP contribution < -0.4 is 39.1 Å². The summed E-state index contributed by atoms with van der Waals surface area (Å²) in [5, 5.41) is 5.39. The molecule has 3 atom stereocenters. The number of ether oxygens (including phenoxy) is 10. The molecule has 2 N–H and O–H groups in total. The van der Waals surface area contributed by atoms with Gasteiger partial charge in [0, 0.05) is 19.6 Å². The van der Waals surface area contributed by atoms with E-state index in [1.54, 1.807) is 70.2 Å². The lowest BCUT2D eigenvalue weighted by Crippen LogP contribution is -2.50. The smallest absolute Gasteiger partial charge is 0.407 e. The maximum atomic E-state index is 14.5. The lowest BCUT2D eigenvalue weighted by molar-refractivity contribution is -0.162. The van der Waals surface area contributed by atoms with Crippen LogP contribution in [0.1, 0.15) is 88.5 Å². The summed E-state index contributed by atoms with van der Waals surface area (Å²) in [4.78, 5) is 54.9. The molecule has 4 rings (SSSR count). The number of carbonyl (C=O) groups is 4. The summed E-state index contributed by atoms with van der Waals surface area (Å²) < 4.78 is 56.1. The summed E-state index contributed by atoms with van der Waals surface area (Å²) in [6, 6.07) is 15.5. The van der Waals surface area contributed by atoms with E-state index in [0.717, 1.165) is 18.4 Å². The number of nitrogens with zero attached hydrogens (tertiary/aromatic N) is 1. The number of hydrogen-bond acceptors (Lipinski definition) is 14. The number of hydrogen-bond donors (Lipinski definition) is 2. The molecule has 0 spiro atoms. The molecule has 3 aromatic rings. The van der Waals surface area contributed by atoms with Gasteiger partial charge in [-0.1, -0.05) is 25.1 Å². The minimum Gasteiger partial charge on any atom is -0.493 e. The third-order valence-corrected chi connectivity index (χ3v) is 10.7. The third-order valence-electron chi connectivity index (χ3n) is 10.7. The Balaban J connectivity index is 1.40. The number of nitrogens with one attached hydrogen (secondary N) is 2. The minimum atomic E-state index is -0.807. The molecule has 1 fully saturated rings. The number of methoxy groups -OCH3 is 5. The molecular formula is C49H69N3O14. The Morgan fingerprint density at radius 3 is 2.03 bits per heavy atom. The molecule has 1 heterocycles. The summed E-state index contributed by atoms with van der Waals surface area (Å²) in [6.07, 6.45) is 2.08. The Morgan fingerprint density at radius 1 is 0.742 bits per heavy atom. The Kier molecular flexibility index (Phi) is 21.5. The van der Waals surface area contributed by atoms with Gasteiger partial charge in [-0.05, 0) is 112 Å². The Labute approximate surface area is 388 Å². The molecule has 66 heavy (non-hydrogen) atoms. The number of rotatable bonds is 26. The fourth-order valence-corrected chi connectivity index (χ4v) is 7.47. The van der Waals surface area contributed by atoms with Crippen molar-refractivity contribution in [2.75, 3.05) is 88.2 Å². The molecular weight excluding hydrogens is 855 g/mol. The zero-order chi connectivity index (χ0) is 48.1. The first-order valence-corrected chi connectivity index (χ1v) is 22.4. The summed E-state index contributed by atoms with van der Waals surface area (Å²) in [6.45, 7) is 9.22. The molecule has 0 aliphatic carbocycles. The van der Waals surface area contributed by atoms with Gasteiger partial charge >= 0.3 is 12.1 Å². The molecule has 1 aliphatic heterocycles. The second kappa shape index (κ2) is 26.9. The van der Waals surface area contributed by atoms with Crippen LogP contribution in [0, 0.1) is 0 Å². The van der Waals surface area contributed by atoms with Crippen LogP contribution >= 0.6 is 0 Å². The highest BCUT2D eigenvalue weighted by molar-refractivity contribution is 5.89. The van der Waals surface area contributed by atoms with Gasteiger partial charge in [-0.3, -0.25) is 9.59 Å². The van der Waals surface area contributed by atoms with Crippen molar-refractivity contribution < 1.29 is 66.5 Å². The number of piperidine rings is 1. The lowest BCUT2D eigenvalue weighted by Gasteiger charge is -2.37. The highest BCUT2D eigenvalue weighted by Gasteiger charge is 2.38. The first-order chi connectivity index (χ1) is 31.7. The van der Waals surface area contributed by atoms with E-state index in [0.29, 0.717) is 104 Å². The van der Waals surface area contributed by atoms with E-state index in [2.05, 4.69) is 10.6 Å². The lowest BCUT2D eigenvalue weighted by atomic mass is 9.91. The van der Waals surface area contributed by atoms with Crippen LogP contribution in [0.2, 0.25) is 0 Å². The number of alkyl carbamates (subject to hydrolysis) is 1. The van der Waals surface area contributed by atoms with Crippen molar-refractivity contribution in [1.29, 1.82) is 0 Å². The zero-order valence-electron chi connectivity index (χ0n) is 40.0. The van der Waals surface area contributed by atoms with Gasteiger partial charge < -0.3 is 62.9 Å². The second-order valence-electron chi connectivity index (χ2n) is 16.5. The van der Waals surface area contributed by atoms with Crippen LogP contribution in [-0.2, 0) is 39.8 Å². The molecule has 0 bridgehead atoms. The van der Waals surface area contributed by atoms with Crippen molar-refractivity contribution >= 4 is 23.9 Å². The SMILES string of the molecule is CC[C@H](C(=O)N1CCCC[C@@H]1C(=O)O[C@H](CCc1ccc(OC)c(OC)c1)c1cccc(OCC(=O)NCCOCCOCCNC(=O)OC(C)(C)C)c1)c1cc(OC)c(OC)c(OC)c1. The molecule has 0 radical (unpaired) electrons. The average molecular weight is 924 g/mol. The number of carbonyl (C=O) groups excluding carboxylic acids is 4. The van der Waals surface area contributed by atoms with E-state index in [9.17, 15) is 19.2 Å². The topological polar surface area (TPSA) is 188 Å². The number of likely N-dealkylation sites (tertiary alicyclic amines) is 1. The zero-order valence-corrected chi connectivity index (χ0v) is 40.0. The fraction of sp³-hybridized carbons (Fsp3) is 0.551. The van der Waals surface area contributed by atoms with Crippen molar-refractivity contribution in [3.8, 4) is 34.5 Å². The highest BCUT2D eigenvalue weighted by Crippen LogP contribution is 2.41. The summed E-state index contributed by atoms with van der Waals surface area (Å²) in [7, 11) is 7.72. The molecule has 1 saturated heterocycles. The van der Waals surface area contributed by atoms with Crippen LogP contribution in [0.4, 0.5) is 4.79 Å². The van der Waals surface area contributed by atoms with Gasteiger partial charge in [0.15, 0.2) is 29.6 Å². The van der Waals surface area contributed by atoms with Gasteiger partial charge in [-0.15, -0.1) is 0 Å². The van der Waals surface area contributed by atoms with Crippen LogP contribution in [0.15, 0.2) is 54.6 Å². The predicted octanol–water partition coefficient (Wildman–Crippen LogP) is 6.57. The largest absolute Gasteiger partial charge is 0.493 e. The molecule has 1 aliphatic rings. The summed E-state index contributed by atoms with van der Waals surface area (Å²) in [5.41, 5.74) is 1.72. The summed E-state index contributed by atoms with van der Waals surface area (Å²) in [5.74, 6) is 1.25. The van der Waals surface area contributed by atoms with E-state index in [1.807, 2.05) is 31.2 Å². The molecule has 3 aromatic carbocycles. The molecule has 17 heteroatoms. The number of benzene rings is 3. The predicted molar refractivity (Wildman–Crippen MR) is 246 cm³/mol. The van der Waals surface area contributed by atoms with E-state index < -0.39 is 35.7 Å². The van der Waals surface area contributed by atoms with Crippen molar-refractivity contribution in [2.24, 2.45) is 0 Å². The van der Waals surface area contributed by atoms with E-state index in [4.69, 9.17) is 47.4 Å². The molecule has 3 amide bonds. The number of amides is 3. The normalized spacial score (nSPS) is 14.6. The monoisotopic (exact) mass is 923 g/mol. The standard InChI is InChI=1S/C49H69N3O14/c1-10-37(35-30-42(59-7)45(61-9)43(31-35)60-8)46(54)52-23-12-11-16-38(52)47(55)65-39(19-17-33-18-20-40(57-5)41(28-33)58-6)34-14-13-15-36(29-34)64-32-44(53)50-21-24-62-26-27-63-25-22-51-48(56)66-49(2,3)4/h13-15,18,20,28-31,37-39H,10-12,16-17,19,21-27,32H2,1-9H3,(H,50,53)(H,51,56)/t37-,38+,39+/m0/s1. The van der Waals surface area contributed by atoms with Crippen LogP contribution in [0.5, 0.6) is 34.5 Å². The van der Waals surface area contributed by atoms with Crippen molar-refractivity contribution in [3.63, 3.8) is 0 Å². The van der Waals surface area contributed by atoms with E-state index in [-0.39, 0.29) is 31.6 Å². The third kappa shape index (κ3) is 16.2. The second-order valence-corrected chi connectivity index (χ2v) is 16.5. The van der Waals surface area contributed by atoms with Crippen LogP contribution in [0.25, 0.3) is 0 Å².